The summed E-state index contributed by atoms with van der Waals surface area (Å²) in [5.74, 6) is -0.988. The lowest BCUT2D eigenvalue weighted by Gasteiger charge is -2.18. The Hall–Kier alpha value is -5.49. The molecule has 0 bridgehead atoms. The molecule has 452 valence electrons. The molecule has 0 amide bonds. The standard InChI is InChI=1S/C75H116O6/c1-4-7-10-13-16-19-22-25-27-28-29-30-31-32-33-34-35-36-37-38-39-40-41-42-43-44-45-46-48-50-53-56-59-62-65-68-74(77)80-71-72(70-79-73(76)67-64-61-58-55-52-49-24-21-18-15-12-9-6-3)81-75(78)69-66-63-60-57-54-51-47-26-23-20-17-14-11-8-5-2/h7-8,10-12,15-17,19-21,24-27,29-30,32-33,35-36,38-39,41-42,44-45,47,54,57,72H,4-6,9,13-14,18,22-23,28,31,34,37,40,43,46,48-53,55-56,58-71H2,1-3H3/b10-7-,11-8-,15-12-,19-16-,20-17-,24-21-,27-25-,30-29-,33-32-,36-35-,39-38-,42-41-,45-44-,47-26-,57-54-. The number of rotatable bonds is 56. The second kappa shape index (κ2) is 67.0. The molecule has 0 aromatic carbocycles. The minimum Gasteiger partial charge on any atom is -0.462 e. The molecule has 0 N–H and O–H groups in total. The van der Waals surface area contributed by atoms with Crippen LogP contribution in [0.5, 0.6) is 0 Å². The fourth-order valence-corrected chi connectivity index (χ4v) is 8.11. The summed E-state index contributed by atoms with van der Waals surface area (Å²) >= 11 is 0. The van der Waals surface area contributed by atoms with Crippen LogP contribution in [0.4, 0.5) is 0 Å². The summed E-state index contributed by atoms with van der Waals surface area (Å²) in [4.78, 5) is 38.2. The van der Waals surface area contributed by atoms with Crippen molar-refractivity contribution in [2.75, 3.05) is 13.2 Å². The van der Waals surface area contributed by atoms with E-state index in [0.29, 0.717) is 19.3 Å². The molecule has 81 heavy (non-hydrogen) atoms. The van der Waals surface area contributed by atoms with Gasteiger partial charge in [-0.1, -0.05) is 261 Å². The fraction of sp³-hybridized carbons (Fsp3) is 0.560. The van der Waals surface area contributed by atoms with E-state index in [0.717, 1.165) is 180 Å². The first-order chi connectivity index (χ1) is 40.0. The summed E-state index contributed by atoms with van der Waals surface area (Å²) in [7, 11) is 0. The van der Waals surface area contributed by atoms with Gasteiger partial charge in [-0.3, -0.25) is 14.4 Å². The molecule has 0 heterocycles. The number of esters is 3. The Labute approximate surface area is 497 Å². The Morgan fingerprint density at radius 3 is 0.778 bits per heavy atom. The molecule has 6 nitrogen and oxygen atoms in total. The van der Waals surface area contributed by atoms with Gasteiger partial charge in [0.15, 0.2) is 6.10 Å². The summed E-state index contributed by atoms with van der Waals surface area (Å²) in [6.07, 6.45) is 101. The van der Waals surface area contributed by atoms with E-state index in [2.05, 4.69) is 203 Å². The number of carbonyl (C=O) groups is 3. The summed E-state index contributed by atoms with van der Waals surface area (Å²) in [6, 6.07) is 0. The number of hydrogen-bond acceptors (Lipinski definition) is 6. The van der Waals surface area contributed by atoms with Crippen molar-refractivity contribution >= 4 is 17.9 Å². The van der Waals surface area contributed by atoms with Crippen LogP contribution in [-0.4, -0.2) is 37.2 Å². The van der Waals surface area contributed by atoms with Crippen molar-refractivity contribution in [3.63, 3.8) is 0 Å². The number of allylic oxidation sites excluding steroid dienone is 30. The fourth-order valence-electron chi connectivity index (χ4n) is 8.11. The van der Waals surface area contributed by atoms with Crippen molar-refractivity contribution in [2.45, 2.75) is 258 Å². The molecule has 0 fully saturated rings. The maximum atomic E-state index is 12.9. The molecule has 0 spiro atoms. The molecule has 0 aliphatic rings. The maximum Gasteiger partial charge on any atom is 0.306 e. The van der Waals surface area contributed by atoms with Crippen LogP contribution in [0, 0.1) is 0 Å². The minimum absolute atomic E-state index is 0.113. The first-order valence-corrected chi connectivity index (χ1v) is 32.3. The SMILES string of the molecule is CC/C=C\C/C=C\C/C=C\C/C=C\C/C=C\C/C=C\C/C=C\C/C=C\C/C=C\CCCCCCCCCC(=O)OCC(COC(=O)CCCCCCC/C=C\C/C=C\CCC)OC(=O)CCCC/C=C\C/C=C\C/C=C\C/C=C\CC. The lowest BCUT2D eigenvalue weighted by Crippen LogP contribution is -2.30. The van der Waals surface area contributed by atoms with Crippen LogP contribution in [0.3, 0.4) is 0 Å². The van der Waals surface area contributed by atoms with E-state index in [9.17, 15) is 14.4 Å². The van der Waals surface area contributed by atoms with E-state index in [1.165, 1.54) is 25.7 Å². The Balaban J connectivity index is 4.33. The van der Waals surface area contributed by atoms with Crippen molar-refractivity contribution in [1.29, 1.82) is 0 Å². The molecule has 0 aliphatic carbocycles. The lowest BCUT2D eigenvalue weighted by atomic mass is 10.1. The molecule has 0 rings (SSSR count). The predicted octanol–water partition coefficient (Wildman–Crippen LogP) is 22.4. The smallest absolute Gasteiger partial charge is 0.306 e. The molecule has 0 saturated carbocycles. The average molecular weight is 1110 g/mol. The van der Waals surface area contributed by atoms with E-state index < -0.39 is 6.10 Å². The largest absolute Gasteiger partial charge is 0.462 e. The van der Waals surface area contributed by atoms with Gasteiger partial charge in [0.25, 0.3) is 0 Å². The summed E-state index contributed by atoms with van der Waals surface area (Å²) < 4.78 is 16.8. The first kappa shape index (κ1) is 75.5. The van der Waals surface area contributed by atoms with Gasteiger partial charge in [0.05, 0.1) is 0 Å². The number of hydrogen-bond donors (Lipinski definition) is 0. The quantitative estimate of drug-likeness (QED) is 0.0261. The summed E-state index contributed by atoms with van der Waals surface area (Å²) in [5.41, 5.74) is 0. The zero-order valence-electron chi connectivity index (χ0n) is 51.7. The monoisotopic (exact) mass is 1110 g/mol. The summed E-state index contributed by atoms with van der Waals surface area (Å²) in [6.45, 7) is 6.27. The molecule has 0 aliphatic heterocycles. The van der Waals surface area contributed by atoms with Crippen LogP contribution in [0.1, 0.15) is 252 Å². The topological polar surface area (TPSA) is 78.9 Å². The van der Waals surface area contributed by atoms with Gasteiger partial charge in [-0.2, -0.15) is 0 Å². The van der Waals surface area contributed by atoms with Crippen molar-refractivity contribution in [3.05, 3.63) is 182 Å². The van der Waals surface area contributed by atoms with E-state index >= 15 is 0 Å². The van der Waals surface area contributed by atoms with Crippen LogP contribution >= 0.6 is 0 Å². The van der Waals surface area contributed by atoms with Crippen LogP contribution in [0.25, 0.3) is 0 Å². The Kier molecular flexibility index (Phi) is 62.5. The van der Waals surface area contributed by atoms with Crippen molar-refractivity contribution in [3.8, 4) is 0 Å². The minimum atomic E-state index is -0.820. The molecule has 6 heteroatoms. The van der Waals surface area contributed by atoms with Crippen LogP contribution in [0.15, 0.2) is 182 Å². The van der Waals surface area contributed by atoms with Gasteiger partial charge in [0, 0.05) is 19.3 Å². The number of ether oxygens (including phenoxy) is 3. The molecule has 0 radical (unpaired) electrons. The van der Waals surface area contributed by atoms with Crippen molar-refractivity contribution in [1.82, 2.24) is 0 Å². The number of carbonyl (C=O) groups excluding carboxylic acids is 3. The van der Waals surface area contributed by atoms with Crippen LogP contribution in [0.2, 0.25) is 0 Å². The summed E-state index contributed by atoms with van der Waals surface area (Å²) in [5, 5.41) is 0. The van der Waals surface area contributed by atoms with Gasteiger partial charge in [-0.05, 0) is 154 Å². The predicted molar refractivity (Wildman–Crippen MR) is 352 cm³/mol. The highest BCUT2D eigenvalue weighted by atomic mass is 16.6. The second-order valence-electron chi connectivity index (χ2n) is 20.5. The zero-order valence-corrected chi connectivity index (χ0v) is 51.7. The molecule has 1 atom stereocenters. The molecule has 1 unspecified atom stereocenters. The van der Waals surface area contributed by atoms with Crippen molar-refractivity contribution < 1.29 is 28.6 Å². The molecule has 0 aromatic heterocycles. The lowest BCUT2D eigenvalue weighted by molar-refractivity contribution is -0.167. The first-order valence-electron chi connectivity index (χ1n) is 32.3. The third kappa shape index (κ3) is 65.2. The van der Waals surface area contributed by atoms with E-state index in [-0.39, 0.29) is 37.5 Å². The van der Waals surface area contributed by atoms with Gasteiger partial charge in [0.2, 0.25) is 0 Å². The highest BCUT2D eigenvalue weighted by molar-refractivity contribution is 5.71. The van der Waals surface area contributed by atoms with Gasteiger partial charge < -0.3 is 14.2 Å². The Morgan fingerprint density at radius 1 is 0.259 bits per heavy atom. The van der Waals surface area contributed by atoms with Gasteiger partial charge in [-0.25, -0.2) is 0 Å². The Bertz CT molecular complexity index is 1900. The van der Waals surface area contributed by atoms with E-state index in [1.807, 2.05) is 0 Å². The zero-order chi connectivity index (χ0) is 58.5. The third-order valence-corrected chi connectivity index (χ3v) is 12.9. The molecular weight excluding hydrogens is 997 g/mol. The van der Waals surface area contributed by atoms with Crippen LogP contribution < -0.4 is 0 Å². The highest BCUT2D eigenvalue weighted by Crippen LogP contribution is 2.13. The van der Waals surface area contributed by atoms with Gasteiger partial charge >= 0.3 is 17.9 Å². The number of unbranched alkanes of at least 4 members (excludes halogenated alkanes) is 15. The van der Waals surface area contributed by atoms with Gasteiger partial charge in [0.1, 0.15) is 13.2 Å². The molecular formula is C75H116O6. The average Bonchev–Trinajstić information content (AvgIpc) is 3.46. The highest BCUT2D eigenvalue weighted by Gasteiger charge is 2.19. The maximum absolute atomic E-state index is 12.9. The normalized spacial score (nSPS) is 13.4. The van der Waals surface area contributed by atoms with Crippen molar-refractivity contribution in [2.24, 2.45) is 0 Å². The Morgan fingerprint density at radius 2 is 0.481 bits per heavy atom. The second-order valence-corrected chi connectivity index (χ2v) is 20.5. The molecule has 0 aromatic rings. The third-order valence-electron chi connectivity index (χ3n) is 12.9. The van der Waals surface area contributed by atoms with Crippen LogP contribution in [-0.2, 0) is 28.6 Å². The molecule has 0 saturated heterocycles. The van der Waals surface area contributed by atoms with Gasteiger partial charge in [-0.15, -0.1) is 0 Å². The van der Waals surface area contributed by atoms with E-state index in [1.54, 1.807) is 0 Å². The van der Waals surface area contributed by atoms with E-state index in [4.69, 9.17) is 14.2 Å².